The molecule has 0 bridgehead atoms. The zero-order valence-electron chi connectivity index (χ0n) is 11.3. The minimum Gasteiger partial charge on any atom is -0.432 e. The van der Waals surface area contributed by atoms with Crippen molar-refractivity contribution in [1.82, 2.24) is 9.97 Å². The fourth-order valence-electron chi connectivity index (χ4n) is 1.68. The van der Waals surface area contributed by atoms with E-state index in [1.807, 2.05) is 6.92 Å². The molecule has 0 amide bonds. The SMILES string of the molecule is Cc1ccc(Oc2nc(NN)nc(C)c2[N+](=O)[O-])c(Cl)c1. The Hall–Kier alpha value is -2.45. The Labute approximate surface area is 125 Å². The van der Waals surface area contributed by atoms with Gasteiger partial charge in [-0.15, -0.1) is 0 Å². The maximum atomic E-state index is 11.1. The summed E-state index contributed by atoms with van der Waals surface area (Å²) in [6.45, 7) is 3.33. The number of aromatic nitrogens is 2. The summed E-state index contributed by atoms with van der Waals surface area (Å²) < 4.78 is 5.46. The zero-order chi connectivity index (χ0) is 15.6. The highest BCUT2D eigenvalue weighted by atomic mass is 35.5. The monoisotopic (exact) mass is 309 g/mol. The van der Waals surface area contributed by atoms with E-state index in [0.29, 0.717) is 5.02 Å². The Balaban J connectivity index is 2.51. The number of anilines is 1. The lowest BCUT2D eigenvalue weighted by molar-refractivity contribution is -0.386. The number of hydrogen-bond donors (Lipinski definition) is 2. The molecule has 1 aromatic carbocycles. The van der Waals surface area contributed by atoms with Crippen LogP contribution in [0.3, 0.4) is 0 Å². The molecule has 0 saturated heterocycles. The van der Waals surface area contributed by atoms with E-state index in [1.165, 1.54) is 6.92 Å². The van der Waals surface area contributed by atoms with Crippen molar-refractivity contribution in [2.24, 2.45) is 5.84 Å². The number of halogens is 1. The summed E-state index contributed by atoms with van der Waals surface area (Å²) in [6, 6.07) is 5.05. The molecular weight excluding hydrogens is 298 g/mol. The molecule has 3 N–H and O–H groups in total. The Morgan fingerprint density at radius 3 is 2.67 bits per heavy atom. The third-order valence-corrected chi connectivity index (χ3v) is 2.93. The average molecular weight is 310 g/mol. The van der Waals surface area contributed by atoms with Crippen LogP contribution in [0.5, 0.6) is 11.6 Å². The molecule has 0 atom stereocenters. The molecule has 0 saturated carbocycles. The Morgan fingerprint density at radius 2 is 2.10 bits per heavy atom. The first-order valence-corrected chi connectivity index (χ1v) is 6.24. The molecule has 2 rings (SSSR count). The van der Waals surface area contributed by atoms with Gasteiger partial charge in [-0.3, -0.25) is 15.5 Å². The fourth-order valence-corrected chi connectivity index (χ4v) is 1.95. The molecule has 0 aliphatic heterocycles. The van der Waals surface area contributed by atoms with Crippen molar-refractivity contribution in [3.8, 4) is 11.6 Å². The van der Waals surface area contributed by atoms with E-state index >= 15 is 0 Å². The standard InChI is InChI=1S/C12H12ClN5O3/c1-6-3-4-9(8(13)5-6)21-11-10(18(19)20)7(2)15-12(16-11)17-14/h3-5H,14H2,1-2H3,(H,15,16,17). The van der Waals surface area contributed by atoms with Crippen molar-refractivity contribution < 1.29 is 9.66 Å². The summed E-state index contributed by atoms with van der Waals surface area (Å²) >= 11 is 6.05. The van der Waals surface area contributed by atoms with Crippen molar-refractivity contribution in [1.29, 1.82) is 0 Å². The van der Waals surface area contributed by atoms with Crippen LogP contribution in [0.1, 0.15) is 11.3 Å². The van der Waals surface area contributed by atoms with Crippen LogP contribution in [0, 0.1) is 24.0 Å². The van der Waals surface area contributed by atoms with Crippen molar-refractivity contribution >= 4 is 23.2 Å². The number of ether oxygens (including phenoxy) is 1. The largest absolute Gasteiger partial charge is 0.432 e. The average Bonchev–Trinajstić information content (AvgIpc) is 2.40. The van der Waals surface area contributed by atoms with Gasteiger partial charge in [0.1, 0.15) is 11.4 Å². The summed E-state index contributed by atoms with van der Waals surface area (Å²) in [5, 5.41) is 11.5. The number of nitro groups is 1. The van der Waals surface area contributed by atoms with Gasteiger partial charge in [-0.1, -0.05) is 17.7 Å². The molecule has 0 fully saturated rings. The van der Waals surface area contributed by atoms with Crippen molar-refractivity contribution in [2.75, 3.05) is 5.43 Å². The molecule has 1 heterocycles. The highest BCUT2D eigenvalue weighted by Crippen LogP contribution is 2.35. The molecule has 9 heteroatoms. The Morgan fingerprint density at radius 1 is 1.38 bits per heavy atom. The van der Waals surface area contributed by atoms with Gasteiger partial charge >= 0.3 is 11.6 Å². The van der Waals surface area contributed by atoms with Crippen LogP contribution in [0.2, 0.25) is 5.02 Å². The molecule has 0 spiro atoms. The van der Waals surface area contributed by atoms with Gasteiger partial charge in [0.05, 0.1) is 9.95 Å². The first-order valence-electron chi connectivity index (χ1n) is 5.86. The van der Waals surface area contributed by atoms with Crippen LogP contribution < -0.4 is 16.0 Å². The highest BCUT2D eigenvalue weighted by Gasteiger charge is 2.24. The number of nitrogens with one attached hydrogen (secondary N) is 1. The topological polar surface area (TPSA) is 116 Å². The number of nitrogen functional groups attached to an aromatic ring is 1. The molecule has 21 heavy (non-hydrogen) atoms. The van der Waals surface area contributed by atoms with Gasteiger partial charge in [0, 0.05) is 0 Å². The predicted molar refractivity (Wildman–Crippen MR) is 77.5 cm³/mol. The molecule has 0 radical (unpaired) electrons. The summed E-state index contributed by atoms with van der Waals surface area (Å²) in [4.78, 5) is 18.2. The first kappa shape index (κ1) is 14.9. The van der Waals surface area contributed by atoms with E-state index < -0.39 is 4.92 Å². The van der Waals surface area contributed by atoms with Gasteiger partial charge in [0.2, 0.25) is 5.95 Å². The van der Waals surface area contributed by atoms with Crippen LogP contribution in [0.25, 0.3) is 0 Å². The second-order valence-electron chi connectivity index (χ2n) is 4.22. The lowest BCUT2D eigenvalue weighted by Crippen LogP contribution is -2.12. The summed E-state index contributed by atoms with van der Waals surface area (Å²) in [5.74, 6) is 5.27. The Kier molecular flexibility index (Phi) is 4.20. The molecular formula is C12H12ClN5O3. The van der Waals surface area contributed by atoms with Gasteiger partial charge < -0.3 is 4.74 Å². The van der Waals surface area contributed by atoms with Gasteiger partial charge in [-0.05, 0) is 31.5 Å². The number of nitrogens with zero attached hydrogens (tertiary/aromatic N) is 3. The van der Waals surface area contributed by atoms with E-state index in [0.717, 1.165) is 5.56 Å². The first-order chi connectivity index (χ1) is 9.92. The van der Waals surface area contributed by atoms with Gasteiger partial charge in [-0.2, -0.15) is 4.98 Å². The quantitative estimate of drug-likeness (QED) is 0.506. The van der Waals surface area contributed by atoms with Gasteiger partial charge in [0.15, 0.2) is 0 Å². The van der Waals surface area contributed by atoms with Crippen LogP contribution >= 0.6 is 11.6 Å². The molecule has 110 valence electrons. The maximum Gasteiger partial charge on any atom is 0.352 e. The van der Waals surface area contributed by atoms with Crippen molar-refractivity contribution in [2.45, 2.75) is 13.8 Å². The molecule has 0 aliphatic carbocycles. The predicted octanol–water partition coefficient (Wildman–Crippen LogP) is 2.73. The van der Waals surface area contributed by atoms with E-state index in [2.05, 4.69) is 15.4 Å². The van der Waals surface area contributed by atoms with E-state index in [-0.39, 0.29) is 29.0 Å². The molecule has 1 aromatic heterocycles. The molecule has 0 aliphatic rings. The number of hydrazine groups is 1. The molecule has 2 aromatic rings. The fraction of sp³-hybridized carbons (Fsp3) is 0.167. The number of hydrogen-bond acceptors (Lipinski definition) is 7. The van der Waals surface area contributed by atoms with E-state index in [1.54, 1.807) is 18.2 Å². The summed E-state index contributed by atoms with van der Waals surface area (Å²) in [7, 11) is 0. The van der Waals surface area contributed by atoms with Crippen LogP contribution in [-0.4, -0.2) is 14.9 Å². The zero-order valence-corrected chi connectivity index (χ0v) is 12.0. The van der Waals surface area contributed by atoms with Crippen LogP contribution in [0.4, 0.5) is 11.6 Å². The lowest BCUT2D eigenvalue weighted by atomic mass is 10.2. The van der Waals surface area contributed by atoms with Gasteiger partial charge in [0.25, 0.3) is 0 Å². The summed E-state index contributed by atoms with van der Waals surface area (Å²) in [5.41, 5.74) is 2.95. The molecule has 0 unspecified atom stereocenters. The van der Waals surface area contributed by atoms with E-state index in [9.17, 15) is 10.1 Å². The van der Waals surface area contributed by atoms with Crippen LogP contribution in [-0.2, 0) is 0 Å². The molecule has 8 nitrogen and oxygen atoms in total. The van der Waals surface area contributed by atoms with E-state index in [4.69, 9.17) is 22.2 Å². The third-order valence-electron chi connectivity index (χ3n) is 2.63. The number of nitrogens with two attached hydrogens (primary N) is 1. The second kappa shape index (κ2) is 5.90. The number of aryl methyl sites for hydroxylation is 2. The lowest BCUT2D eigenvalue weighted by Gasteiger charge is -2.09. The maximum absolute atomic E-state index is 11.1. The smallest absolute Gasteiger partial charge is 0.352 e. The van der Waals surface area contributed by atoms with Crippen molar-refractivity contribution in [3.05, 3.63) is 44.6 Å². The van der Waals surface area contributed by atoms with Gasteiger partial charge in [-0.25, -0.2) is 10.8 Å². The third kappa shape index (κ3) is 3.18. The number of benzene rings is 1. The van der Waals surface area contributed by atoms with Crippen molar-refractivity contribution in [3.63, 3.8) is 0 Å². The normalized spacial score (nSPS) is 10.3. The minimum atomic E-state index is -0.618. The second-order valence-corrected chi connectivity index (χ2v) is 4.63. The highest BCUT2D eigenvalue weighted by molar-refractivity contribution is 6.32. The number of rotatable bonds is 4. The Bertz CT molecular complexity index is 708. The minimum absolute atomic E-state index is 0.0105. The van der Waals surface area contributed by atoms with Crippen LogP contribution in [0.15, 0.2) is 18.2 Å². The summed E-state index contributed by atoms with van der Waals surface area (Å²) in [6.07, 6.45) is 0.